The molecule has 0 bridgehead atoms. The molecule has 0 heterocycles. The molecule has 0 saturated carbocycles. The van der Waals surface area contributed by atoms with E-state index in [1.54, 1.807) is 0 Å². The minimum atomic E-state index is -1.55. The second kappa shape index (κ2) is 10.8. The summed E-state index contributed by atoms with van der Waals surface area (Å²) < 4.78 is 5.94. The van der Waals surface area contributed by atoms with E-state index in [0.717, 1.165) is 13.0 Å². The molecule has 0 aromatic rings. The maximum Gasteiger partial charge on any atom is 0.191 e. The van der Waals surface area contributed by atoms with Crippen LogP contribution in [0.25, 0.3) is 0 Å². The summed E-state index contributed by atoms with van der Waals surface area (Å²) in [5, 5.41) is 0. The average molecular weight is 330 g/mol. The Morgan fingerprint density at radius 2 is 1.94 bits per heavy atom. The fraction of sp³-hybridized carbons (Fsp3) is 0.667. The molecule has 1 rings (SSSR count). The molecule has 0 radical (unpaired) electrons. The van der Waals surface area contributed by atoms with Gasteiger partial charge in [-0.3, -0.25) is 6.08 Å². The Labute approximate surface area is 134 Å². The summed E-state index contributed by atoms with van der Waals surface area (Å²) in [7, 11) is -1.55. The molecule has 100 valence electrons. The zero-order chi connectivity index (χ0) is 10.6. The molecule has 0 N–H and O–H groups in total. The van der Waals surface area contributed by atoms with Gasteiger partial charge in [-0.15, -0.1) is 31.2 Å². The fourth-order valence-corrected chi connectivity index (χ4v) is 5.10. The van der Waals surface area contributed by atoms with Crippen LogP contribution < -0.4 is 0 Å². The third-order valence-corrected chi connectivity index (χ3v) is 6.29. The first kappa shape index (κ1) is 23.1. The molecule has 5 heteroatoms. The molecule has 1 nitrogen and oxygen atoms in total. The summed E-state index contributed by atoms with van der Waals surface area (Å²) >= 11 is 0. The van der Waals surface area contributed by atoms with Gasteiger partial charge in [0.2, 0.25) is 0 Å². The summed E-state index contributed by atoms with van der Waals surface area (Å²) in [4.78, 5) is 0. The summed E-state index contributed by atoms with van der Waals surface area (Å²) in [5.74, 6) is 0. The van der Waals surface area contributed by atoms with Crippen LogP contribution in [0, 0.1) is 6.08 Å². The zero-order valence-corrected chi connectivity index (χ0v) is 15.3. The molecule has 1 atom stereocenters. The maximum absolute atomic E-state index is 5.94. The van der Waals surface area contributed by atoms with Crippen LogP contribution in [0.15, 0.2) is 17.7 Å². The number of hydrogen-bond acceptors (Lipinski definition) is 1. The van der Waals surface area contributed by atoms with E-state index in [-0.39, 0.29) is 46.5 Å². The standard InChI is InChI=1S/C12H21OSi.2ClH.Ti/c1-5-12(11-9-7-8-10-11)14(3,4)13-6-2;;;/h7,9,12H,5-6,8H2,1-4H3;2*1H;/q-1;;;. The van der Waals surface area contributed by atoms with Gasteiger partial charge < -0.3 is 4.43 Å². The Kier molecular flexibility index (Phi) is 14.7. The topological polar surface area (TPSA) is 9.23 Å². The monoisotopic (exact) mass is 329 g/mol. The van der Waals surface area contributed by atoms with Gasteiger partial charge in [0.25, 0.3) is 0 Å². The second-order valence-electron chi connectivity index (χ2n) is 4.24. The van der Waals surface area contributed by atoms with E-state index in [1.807, 2.05) is 0 Å². The second-order valence-corrected chi connectivity index (χ2v) is 8.43. The molecule has 0 fully saturated rings. The smallest absolute Gasteiger partial charge is 0.191 e. The summed E-state index contributed by atoms with van der Waals surface area (Å²) in [5.41, 5.74) is 2.00. The molecule has 1 unspecified atom stereocenters. The van der Waals surface area contributed by atoms with Gasteiger partial charge in [-0.2, -0.15) is 6.08 Å². The zero-order valence-electron chi connectivity index (χ0n) is 11.1. The van der Waals surface area contributed by atoms with Crippen molar-refractivity contribution in [1.82, 2.24) is 0 Å². The van der Waals surface area contributed by atoms with E-state index in [1.165, 1.54) is 12.0 Å². The molecule has 0 amide bonds. The van der Waals surface area contributed by atoms with Crippen LogP contribution in [-0.4, -0.2) is 14.9 Å². The van der Waals surface area contributed by atoms with Crippen LogP contribution in [0.4, 0.5) is 0 Å². The van der Waals surface area contributed by atoms with Crippen molar-refractivity contribution < 1.29 is 26.1 Å². The molecule has 1 aliphatic carbocycles. The number of halogens is 2. The number of rotatable bonds is 5. The van der Waals surface area contributed by atoms with Crippen molar-refractivity contribution in [3.8, 4) is 0 Å². The number of allylic oxidation sites excluding steroid dienone is 4. The quantitative estimate of drug-likeness (QED) is 0.531. The minimum absolute atomic E-state index is 0. The summed E-state index contributed by atoms with van der Waals surface area (Å²) in [6, 6.07) is 0. The van der Waals surface area contributed by atoms with Crippen molar-refractivity contribution in [1.29, 1.82) is 0 Å². The van der Waals surface area contributed by atoms with E-state index in [9.17, 15) is 0 Å². The maximum atomic E-state index is 5.94. The van der Waals surface area contributed by atoms with Crippen molar-refractivity contribution >= 4 is 33.1 Å². The van der Waals surface area contributed by atoms with Gasteiger partial charge in [0.15, 0.2) is 8.32 Å². The fourth-order valence-electron chi connectivity index (χ4n) is 2.22. The Hall–Kier alpha value is 0.951. The molecule has 1 aliphatic rings. The van der Waals surface area contributed by atoms with Gasteiger partial charge >= 0.3 is 0 Å². The average Bonchev–Trinajstić information content (AvgIpc) is 2.57. The molecule has 0 spiro atoms. The minimum Gasteiger partial charge on any atom is -0.417 e. The number of hydrogen-bond donors (Lipinski definition) is 0. The van der Waals surface area contributed by atoms with Gasteiger partial charge in [0, 0.05) is 28.3 Å². The van der Waals surface area contributed by atoms with E-state index < -0.39 is 8.32 Å². The van der Waals surface area contributed by atoms with Gasteiger partial charge in [-0.1, -0.05) is 13.3 Å². The van der Waals surface area contributed by atoms with E-state index in [2.05, 4.69) is 45.2 Å². The Bertz CT molecular complexity index is 255. The van der Waals surface area contributed by atoms with Gasteiger partial charge in [-0.25, -0.2) is 11.6 Å². The molecule has 0 saturated heterocycles. The van der Waals surface area contributed by atoms with Crippen molar-refractivity contribution in [2.45, 2.75) is 45.3 Å². The van der Waals surface area contributed by atoms with Gasteiger partial charge in [-0.05, 0) is 25.6 Å². The van der Waals surface area contributed by atoms with Crippen molar-refractivity contribution in [3.05, 3.63) is 23.8 Å². The van der Waals surface area contributed by atoms with Crippen LogP contribution in [0.5, 0.6) is 0 Å². The first-order valence-electron chi connectivity index (χ1n) is 5.53. The first-order chi connectivity index (χ1) is 6.61. The Morgan fingerprint density at radius 3 is 2.29 bits per heavy atom. The summed E-state index contributed by atoms with van der Waals surface area (Å²) in [6.07, 6.45) is 10.0. The van der Waals surface area contributed by atoms with Crippen LogP contribution >= 0.6 is 24.8 Å². The largest absolute Gasteiger partial charge is 0.417 e. The van der Waals surface area contributed by atoms with Crippen LogP contribution in [-0.2, 0) is 26.1 Å². The predicted molar refractivity (Wildman–Crippen MR) is 78.2 cm³/mol. The predicted octanol–water partition coefficient (Wildman–Crippen LogP) is 4.54. The van der Waals surface area contributed by atoms with Crippen LogP contribution in [0.1, 0.15) is 26.7 Å². The molecule has 17 heavy (non-hydrogen) atoms. The molecular weight excluding hydrogens is 307 g/mol. The molecular formula is C12H23Cl2OSiTi-. The molecule has 0 aliphatic heterocycles. The van der Waals surface area contributed by atoms with E-state index in [0.29, 0.717) is 5.54 Å². The van der Waals surface area contributed by atoms with E-state index >= 15 is 0 Å². The first-order valence-corrected chi connectivity index (χ1v) is 8.51. The third kappa shape index (κ3) is 6.61. The van der Waals surface area contributed by atoms with Crippen molar-refractivity contribution in [2.75, 3.05) is 6.61 Å². The van der Waals surface area contributed by atoms with E-state index in [4.69, 9.17) is 4.43 Å². The Morgan fingerprint density at radius 1 is 1.35 bits per heavy atom. The van der Waals surface area contributed by atoms with Gasteiger partial charge in [0.05, 0.1) is 0 Å². The Balaban J connectivity index is -0.000000653. The van der Waals surface area contributed by atoms with Crippen LogP contribution in [0.2, 0.25) is 18.6 Å². The van der Waals surface area contributed by atoms with Crippen molar-refractivity contribution in [3.63, 3.8) is 0 Å². The van der Waals surface area contributed by atoms with Crippen molar-refractivity contribution in [2.24, 2.45) is 0 Å². The van der Waals surface area contributed by atoms with Crippen LogP contribution in [0.3, 0.4) is 0 Å². The molecule has 0 aromatic carbocycles. The summed E-state index contributed by atoms with van der Waals surface area (Å²) in [6.45, 7) is 9.80. The SMILES string of the molecule is CCO[Si](C)(C)C(CC)C1=[C-]CC=C1.Cl.Cl.[Ti]. The third-order valence-electron chi connectivity index (χ3n) is 2.86. The van der Waals surface area contributed by atoms with Gasteiger partial charge in [0.1, 0.15) is 0 Å². The molecule has 0 aromatic heterocycles. The normalized spacial score (nSPS) is 15.2.